The van der Waals surface area contributed by atoms with Crippen molar-refractivity contribution in [1.82, 2.24) is 9.97 Å². The second kappa shape index (κ2) is 8.83. The zero-order chi connectivity index (χ0) is 21.9. The molecular formula is C22H23ClFN3O3. The van der Waals surface area contributed by atoms with Crippen molar-refractivity contribution in [3.05, 3.63) is 53.6 Å². The van der Waals surface area contributed by atoms with Gasteiger partial charge in [-0.2, -0.15) is 0 Å². The van der Waals surface area contributed by atoms with Gasteiger partial charge >= 0.3 is 6.09 Å². The number of nitrogens with two attached hydrogens (primary N) is 1. The van der Waals surface area contributed by atoms with Crippen molar-refractivity contribution in [2.75, 3.05) is 6.61 Å². The molecule has 3 rings (SSSR count). The highest BCUT2D eigenvalue weighted by atomic mass is 35.5. The van der Waals surface area contributed by atoms with Crippen LogP contribution in [0.5, 0.6) is 5.75 Å². The fourth-order valence-corrected chi connectivity index (χ4v) is 3.69. The summed E-state index contributed by atoms with van der Waals surface area (Å²) in [6, 6.07) is 7.78. The number of fused-ring (bicyclic) bond motifs is 1. The average Bonchev–Trinajstić information content (AvgIpc) is 2.65. The van der Waals surface area contributed by atoms with Crippen LogP contribution in [0.1, 0.15) is 27.2 Å². The van der Waals surface area contributed by atoms with Gasteiger partial charge in [0, 0.05) is 17.1 Å². The zero-order valence-corrected chi connectivity index (χ0v) is 17.7. The molecule has 8 heteroatoms. The molecule has 158 valence electrons. The Morgan fingerprint density at radius 2 is 2.03 bits per heavy atom. The Bertz CT molecular complexity index is 1080. The van der Waals surface area contributed by atoms with Crippen molar-refractivity contribution in [3.63, 3.8) is 0 Å². The lowest BCUT2D eigenvalue weighted by Gasteiger charge is -2.30. The molecule has 1 aromatic carbocycles. The number of pyridine rings is 2. The van der Waals surface area contributed by atoms with Crippen LogP contribution in [0.4, 0.5) is 9.18 Å². The largest absolute Gasteiger partial charge is 0.486 e. The Balaban J connectivity index is 1.86. The third-order valence-electron chi connectivity index (χ3n) is 4.52. The number of carbonyl (C=O) groups is 1. The summed E-state index contributed by atoms with van der Waals surface area (Å²) in [7, 11) is 0. The summed E-state index contributed by atoms with van der Waals surface area (Å²) in [5.74, 6) is 0.240. The number of ether oxygens (including phenoxy) is 2. The van der Waals surface area contributed by atoms with Gasteiger partial charge in [0.05, 0.1) is 22.4 Å². The first kappa shape index (κ1) is 21.8. The number of amides is 1. The highest BCUT2D eigenvalue weighted by Gasteiger charge is 2.31. The predicted octanol–water partition coefficient (Wildman–Crippen LogP) is 5.37. The maximum atomic E-state index is 13.7. The smallest absolute Gasteiger partial charge is 0.405 e. The second-order valence-electron chi connectivity index (χ2n) is 7.78. The maximum absolute atomic E-state index is 13.7. The molecule has 2 heterocycles. The minimum atomic E-state index is -0.902. The number of rotatable bonds is 7. The van der Waals surface area contributed by atoms with E-state index in [-0.39, 0.29) is 18.3 Å². The fourth-order valence-electron chi connectivity index (χ4n) is 3.48. The molecule has 0 aliphatic carbocycles. The van der Waals surface area contributed by atoms with Crippen molar-refractivity contribution in [2.24, 2.45) is 11.7 Å². The van der Waals surface area contributed by atoms with Gasteiger partial charge in [-0.25, -0.2) is 9.18 Å². The van der Waals surface area contributed by atoms with Crippen molar-refractivity contribution in [3.8, 4) is 17.0 Å². The van der Waals surface area contributed by atoms with Crippen LogP contribution in [0, 0.1) is 11.7 Å². The van der Waals surface area contributed by atoms with E-state index in [2.05, 4.69) is 9.97 Å². The molecule has 2 N–H and O–H groups in total. The monoisotopic (exact) mass is 431 g/mol. The van der Waals surface area contributed by atoms with E-state index >= 15 is 0 Å². The molecule has 0 aliphatic rings. The van der Waals surface area contributed by atoms with Gasteiger partial charge in [-0.15, -0.1) is 0 Å². The molecule has 3 aromatic rings. The van der Waals surface area contributed by atoms with Crippen LogP contribution in [0.25, 0.3) is 22.2 Å². The SMILES string of the molecule is CC(C)C[C@@](C)(COc1cnc(-c2ccnc3ccc(F)cc23)cc1Cl)OC(N)=O. The maximum Gasteiger partial charge on any atom is 0.405 e. The quantitative estimate of drug-likeness (QED) is 0.543. The van der Waals surface area contributed by atoms with E-state index in [9.17, 15) is 9.18 Å². The Hall–Kier alpha value is -2.93. The summed E-state index contributed by atoms with van der Waals surface area (Å²) in [6.45, 7) is 5.84. The van der Waals surface area contributed by atoms with E-state index in [1.807, 2.05) is 13.8 Å². The predicted molar refractivity (Wildman–Crippen MR) is 114 cm³/mol. The molecule has 6 nitrogen and oxygen atoms in total. The van der Waals surface area contributed by atoms with Crippen LogP contribution < -0.4 is 10.5 Å². The van der Waals surface area contributed by atoms with Crippen LogP contribution in [-0.2, 0) is 4.74 Å². The molecule has 0 saturated heterocycles. The van der Waals surface area contributed by atoms with Crippen molar-refractivity contribution >= 4 is 28.6 Å². The highest BCUT2D eigenvalue weighted by Crippen LogP contribution is 2.33. The molecule has 0 fully saturated rings. The molecule has 0 spiro atoms. The minimum Gasteiger partial charge on any atom is -0.486 e. The molecular weight excluding hydrogens is 409 g/mol. The van der Waals surface area contributed by atoms with E-state index in [0.717, 1.165) is 0 Å². The number of aromatic nitrogens is 2. The van der Waals surface area contributed by atoms with Gasteiger partial charge in [-0.3, -0.25) is 9.97 Å². The molecule has 0 unspecified atom stereocenters. The van der Waals surface area contributed by atoms with E-state index in [1.165, 1.54) is 18.3 Å². The second-order valence-corrected chi connectivity index (χ2v) is 8.18. The lowest BCUT2D eigenvalue weighted by Crippen LogP contribution is -2.41. The topological polar surface area (TPSA) is 87.3 Å². The number of primary amides is 1. The van der Waals surface area contributed by atoms with Gasteiger partial charge in [0.1, 0.15) is 18.0 Å². The summed E-state index contributed by atoms with van der Waals surface area (Å²) in [5.41, 5.74) is 6.22. The summed E-state index contributed by atoms with van der Waals surface area (Å²) in [6.07, 6.45) is 2.82. The Morgan fingerprint density at radius 1 is 1.27 bits per heavy atom. The van der Waals surface area contributed by atoms with Gasteiger partial charge in [-0.1, -0.05) is 25.4 Å². The summed E-state index contributed by atoms with van der Waals surface area (Å²) in [5, 5.41) is 0.960. The third kappa shape index (κ3) is 5.16. The van der Waals surface area contributed by atoms with E-state index in [1.54, 1.807) is 31.3 Å². The molecule has 0 saturated carbocycles. The van der Waals surface area contributed by atoms with Crippen LogP contribution in [0.15, 0.2) is 42.7 Å². The highest BCUT2D eigenvalue weighted by molar-refractivity contribution is 6.32. The Morgan fingerprint density at radius 3 is 2.70 bits per heavy atom. The molecule has 0 radical (unpaired) electrons. The molecule has 30 heavy (non-hydrogen) atoms. The van der Waals surface area contributed by atoms with Crippen molar-refractivity contribution in [2.45, 2.75) is 32.8 Å². The van der Waals surface area contributed by atoms with Gasteiger partial charge in [-0.05, 0) is 49.6 Å². The van der Waals surface area contributed by atoms with Gasteiger partial charge < -0.3 is 15.2 Å². The normalized spacial score (nSPS) is 13.3. The molecule has 1 atom stereocenters. The number of carbonyl (C=O) groups excluding carboxylic acids is 1. The van der Waals surface area contributed by atoms with Gasteiger partial charge in [0.2, 0.25) is 0 Å². The first-order valence-electron chi connectivity index (χ1n) is 9.48. The van der Waals surface area contributed by atoms with Crippen molar-refractivity contribution in [1.29, 1.82) is 0 Å². The van der Waals surface area contributed by atoms with E-state index in [0.29, 0.717) is 39.4 Å². The molecule has 0 bridgehead atoms. The van der Waals surface area contributed by atoms with Crippen LogP contribution in [-0.4, -0.2) is 28.3 Å². The van der Waals surface area contributed by atoms with Crippen LogP contribution in [0.2, 0.25) is 5.02 Å². The lowest BCUT2D eigenvalue weighted by atomic mass is 9.95. The average molecular weight is 432 g/mol. The number of halogens is 2. The summed E-state index contributed by atoms with van der Waals surface area (Å²) in [4.78, 5) is 19.9. The summed E-state index contributed by atoms with van der Waals surface area (Å²) >= 11 is 6.41. The first-order chi connectivity index (χ1) is 14.2. The molecule has 0 aliphatic heterocycles. The number of hydrogen-bond acceptors (Lipinski definition) is 5. The van der Waals surface area contributed by atoms with Crippen molar-refractivity contribution < 1.29 is 18.7 Å². The third-order valence-corrected chi connectivity index (χ3v) is 4.81. The number of nitrogens with zero attached hydrogens (tertiary/aromatic N) is 2. The zero-order valence-electron chi connectivity index (χ0n) is 17.0. The first-order valence-corrected chi connectivity index (χ1v) is 9.86. The Labute approximate surface area is 179 Å². The van der Waals surface area contributed by atoms with Crippen LogP contribution >= 0.6 is 11.6 Å². The van der Waals surface area contributed by atoms with Gasteiger partial charge in [0.25, 0.3) is 0 Å². The van der Waals surface area contributed by atoms with E-state index < -0.39 is 11.7 Å². The lowest BCUT2D eigenvalue weighted by molar-refractivity contribution is -0.0186. The minimum absolute atomic E-state index is 0.0677. The number of benzene rings is 1. The fraction of sp³-hybridized carbons (Fsp3) is 0.318. The number of hydrogen-bond donors (Lipinski definition) is 1. The molecule has 1 amide bonds. The van der Waals surface area contributed by atoms with E-state index in [4.69, 9.17) is 26.8 Å². The molecule has 2 aromatic heterocycles. The Kier molecular flexibility index (Phi) is 6.41. The van der Waals surface area contributed by atoms with Crippen LogP contribution in [0.3, 0.4) is 0 Å². The van der Waals surface area contributed by atoms with Gasteiger partial charge in [0.15, 0.2) is 5.75 Å². The standard InChI is InChI=1S/C22H23ClFN3O3/c1-13(2)10-22(3,30-21(25)28)12-29-20-11-27-19(9-17(20)23)15-6-7-26-18-5-4-14(24)8-16(15)18/h4-9,11,13H,10,12H2,1-3H3,(H2,25,28)/t22-/m0/s1. The summed E-state index contributed by atoms with van der Waals surface area (Å²) < 4.78 is 24.8.